The summed E-state index contributed by atoms with van der Waals surface area (Å²) >= 11 is 12.2. The summed E-state index contributed by atoms with van der Waals surface area (Å²) in [4.78, 5) is 11.9. The van der Waals surface area contributed by atoms with E-state index in [1.54, 1.807) is 32.0 Å². The lowest BCUT2D eigenvalue weighted by atomic mass is 10.2. The van der Waals surface area contributed by atoms with Crippen LogP contribution in [0.1, 0.15) is 23.0 Å². The van der Waals surface area contributed by atoms with Gasteiger partial charge in [0.05, 0.1) is 22.3 Å². The van der Waals surface area contributed by atoms with Crippen molar-refractivity contribution < 1.29 is 9.53 Å². The van der Waals surface area contributed by atoms with E-state index in [9.17, 15) is 4.79 Å². The van der Waals surface area contributed by atoms with E-state index in [0.717, 1.165) is 0 Å². The largest absolute Gasteiger partial charge is 0.462 e. The number of benzene rings is 1. The molecule has 0 aliphatic rings. The van der Waals surface area contributed by atoms with Crippen molar-refractivity contribution in [2.75, 3.05) is 11.9 Å². The zero-order valence-corrected chi connectivity index (χ0v) is 12.5. The molecule has 1 aromatic carbocycles. The first-order valence-corrected chi connectivity index (χ1v) is 6.73. The summed E-state index contributed by atoms with van der Waals surface area (Å²) in [7, 11) is 0. The molecule has 1 heterocycles. The van der Waals surface area contributed by atoms with E-state index in [1.807, 2.05) is 0 Å². The number of ether oxygens (including phenoxy) is 1. The second kappa shape index (κ2) is 6.15. The number of nitrogens with one attached hydrogen (secondary N) is 2. The number of carbonyl (C=O) groups excluding carboxylic acids is 1. The van der Waals surface area contributed by atoms with Crippen molar-refractivity contribution >= 4 is 40.7 Å². The molecule has 5 nitrogen and oxygen atoms in total. The van der Waals surface area contributed by atoms with Crippen LogP contribution in [0.25, 0.3) is 0 Å². The number of halogens is 2. The third-order valence-corrected chi connectivity index (χ3v) is 3.26. The Labute approximate surface area is 126 Å². The first kappa shape index (κ1) is 14.7. The van der Waals surface area contributed by atoms with Crippen LogP contribution >= 0.6 is 23.2 Å². The van der Waals surface area contributed by atoms with Crippen LogP contribution in [0.5, 0.6) is 0 Å². The molecular weight excluding hydrogens is 301 g/mol. The maximum Gasteiger partial charge on any atom is 0.343 e. The average molecular weight is 314 g/mol. The first-order chi connectivity index (χ1) is 9.54. The van der Waals surface area contributed by atoms with Gasteiger partial charge in [0.1, 0.15) is 5.56 Å². The highest BCUT2D eigenvalue weighted by molar-refractivity contribution is 6.39. The third kappa shape index (κ3) is 2.89. The molecule has 0 bridgehead atoms. The fourth-order valence-electron chi connectivity index (χ4n) is 1.71. The zero-order valence-electron chi connectivity index (χ0n) is 11.0. The molecule has 0 aliphatic heterocycles. The van der Waals surface area contributed by atoms with Gasteiger partial charge in [-0.1, -0.05) is 29.3 Å². The van der Waals surface area contributed by atoms with Gasteiger partial charge in [0, 0.05) is 5.69 Å². The van der Waals surface area contributed by atoms with Gasteiger partial charge in [-0.05, 0) is 26.0 Å². The van der Waals surface area contributed by atoms with Crippen LogP contribution in [0.3, 0.4) is 0 Å². The summed E-state index contributed by atoms with van der Waals surface area (Å²) < 4.78 is 5.00. The smallest absolute Gasteiger partial charge is 0.343 e. The van der Waals surface area contributed by atoms with Crippen molar-refractivity contribution in [1.29, 1.82) is 0 Å². The number of aromatic nitrogens is 2. The number of anilines is 2. The van der Waals surface area contributed by atoms with Crippen LogP contribution in [0.2, 0.25) is 10.0 Å². The minimum Gasteiger partial charge on any atom is -0.462 e. The van der Waals surface area contributed by atoms with Gasteiger partial charge in [0.2, 0.25) is 0 Å². The molecule has 7 heteroatoms. The second-order valence-electron chi connectivity index (χ2n) is 4.01. The number of esters is 1. The van der Waals surface area contributed by atoms with Gasteiger partial charge in [0.25, 0.3) is 0 Å². The molecule has 0 saturated carbocycles. The standard InChI is InChI=1S/C13H13Cl2N3O2/c1-3-20-13(19)10-7(2)17-18-12(10)16-11-8(14)5-4-6-9(11)15/h4-6H,3H2,1-2H3,(H2,16,17,18). The molecule has 106 valence electrons. The number of aromatic amines is 1. The molecule has 0 spiro atoms. The fraction of sp³-hybridized carbons (Fsp3) is 0.231. The van der Waals surface area contributed by atoms with Crippen LogP contribution in [-0.4, -0.2) is 22.8 Å². The number of hydrogen-bond donors (Lipinski definition) is 2. The van der Waals surface area contributed by atoms with Gasteiger partial charge in [-0.15, -0.1) is 0 Å². The van der Waals surface area contributed by atoms with Gasteiger partial charge in [-0.25, -0.2) is 4.79 Å². The average Bonchev–Trinajstić information content (AvgIpc) is 2.75. The van der Waals surface area contributed by atoms with Gasteiger partial charge < -0.3 is 10.1 Å². The van der Waals surface area contributed by atoms with Gasteiger partial charge in [-0.3, -0.25) is 5.10 Å². The Bertz CT molecular complexity index is 620. The van der Waals surface area contributed by atoms with Crippen molar-refractivity contribution in [3.8, 4) is 0 Å². The highest BCUT2D eigenvalue weighted by Crippen LogP contribution is 2.33. The summed E-state index contributed by atoms with van der Waals surface area (Å²) in [6.45, 7) is 3.76. The molecule has 1 aromatic heterocycles. The second-order valence-corrected chi connectivity index (χ2v) is 4.83. The van der Waals surface area contributed by atoms with Crippen molar-refractivity contribution in [2.45, 2.75) is 13.8 Å². The van der Waals surface area contributed by atoms with E-state index >= 15 is 0 Å². The van der Waals surface area contributed by atoms with Crippen LogP contribution in [-0.2, 0) is 4.74 Å². The molecule has 0 atom stereocenters. The van der Waals surface area contributed by atoms with E-state index in [2.05, 4.69) is 15.5 Å². The van der Waals surface area contributed by atoms with E-state index in [0.29, 0.717) is 32.8 Å². The predicted octanol–water partition coefficient (Wildman–Crippen LogP) is 3.95. The Morgan fingerprint density at radius 2 is 2.05 bits per heavy atom. The molecule has 2 N–H and O–H groups in total. The molecule has 0 unspecified atom stereocenters. The van der Waals surface area contributed by atoms with Crippen LogP contribution < -0.4 is 5.32 Å². The molecule has 0 saturated heterocycles. The SMILES string of the molecule is CCOC(=O)c1c(Nc2c(Cl)cccc2Cl)n[nH]c1C. The summed E-state index contributed by atoms with van der Waals surface area (Å²) in [5.41, 5.74) is 1.44. The minimum atomic E-state index is -0.454. The molecule has 2 rings (SSSR count). The summed E-state index contributed by atoms with van der Waals surface area (Å²) in [5.74, 6) is -0.125. The molecule has 0 amide bonds. The van der Waals surface area contributed by atoms with E-state index in [-0.39, 0.29) is 6.61 Å². The number of hydrogen-bond acceptors (Lipinski definition) is 4. The summed E-state index contributed by atoms with van der Waals surface area (Å²) in [6.07, 6.45) is 0. The van der Waals surface area contributed by atoms with Gasteiger partial charge >= 0.3 is 5.97 Å². The molecule has 20 heavy (non-hydrogen) atoms. The number of aryl methyl sites for hydroxylation is 1. The van der Waals surface area contributed by atoms with E-state index < -0.39 is 5.97 Å². The Balaban J connectivity index is 2.38. The third-order valence-electron chi connectivity index (χ3n) is 2.63. The zero-order chi connectivity index (χ0) is 14.7. The Kier molecular flexibility index (Phi) is 4.52. The monoisotopic (exact) mass is 313 g/mol. The Morgan fingerprint density at radius 3 is 2.65 bits per heavy atom. The molecule has 0 fully saturated rings. The van der Waals surface area contributed by atoms with Crippen molar-refractivity contribution in [1.82, 2.24) is 10.2 Å². The minimum absolute atomic E-state index is 0.287. The normalized spacial score (nSPS) is 10.4. The van der Waals surface area contributed by atoms with Crippen LogP contribution in [0.15, 0.2) is 18.2 Å². The molecule has 2 aromatic rings. The lowest BCUT2D eigenvalue weighted by molar-refractivity contribution is 0.0527. The molecular formula is C13H13Cl2N3O2. The van der Waals surface area contributed by atoms with Crippen molar-refractivity contribution in [3.05, 3.63) is 39.5 Å². The van der Waals surface area contributed by atoms with Crippen LogP contribution in [0.4, 0.5) is 11.5 Å². The number of H-pyrrole nitrogens is 1. The highest BCUT2D eigenvalue weighted by atomic mass is 35.5. The molecule has 0 radical (unpaired) electrons. The number of rotatable bonds is 4. The van der Waals surface area contributed by atoms with E-state index in [1.165, 1.54) is 0 Å². The lowest BCUT2D eigenvalue weighted by Gasteiger charge is -2.09. The van der Waals surface area contributed by atoms with Crippen molar-refractivity contribution in [3.63, 3.8) is 0 Å². The maximum absolute atomic E-state index is 11.9. The summed E-state index contributed by atoms with van der Waals surface area (Å²) in [5, 5.41) is 10.6. The number of nitrogens with zero attached hydrogens (tertiary/aromatic N) is 1. The maximum atomic E-state index is 11.9. The number of carbonyl (C=O) groups is 1. The molecule has 0 aliphatic carbocycles. The predicted molar refractivity (Wildman–Crippen MR) is 79.0 cm³/mol. The Hall–Kier alpha value is -1.72. The fourth-order valence-corrected chi connectivity index (χ4v) is 2.20. The lowest BCUT2D eigenvalue weighted by Crippen LogP contribution is -2.08. The van der Waals surface area contributed by atoms with Gasteiger partial charge in [-0.2, -0.15) is 5.10 Å². The van der Waals surface area contributed by atoms with E-state index in [4.69, 9.17) is 27.9 Å². The van der Waals surface area contributed by atoms with Gasteiger partial charge in [0.15, 0.2) is 5.82 Å². The van der Waals surface area contributed by atoms with Crippen LogP contribution in [0, 0.1) is 6.92 Å². The quantitative estimate of drug-likeness (QED) is 0.839. The Morgan fingerprint density at radius 1 is 1.40 bits per heavy atom. The highest BCUT2D eigenvalue weighted by Gasteiger charge is 2.20. The first-order valence-electron chi connectivity index (χ1n) is 5.97. The topological polar surface area (TPSA) is 67.0 Å². The van der Waals surface area contributed by atoms with Crippen molar-refractivity contribution in [2.24, 2.45) is 0 Å². The number of para-hydroxylation sites is 1. The summed E-state index contributed by atoms with van der Waals surface area (Å²) in [6, 6.07) is 5.12.